The Bertz CT molecular complexity index is 56.7. The van der Waals surface area contributed by atoms with Gasteiger partial charge in [0.15, 0.2) is 0 Å². The molecule has 0 aromatic carbocycles. The zero-order chi connectivity index (χ0) is 4.62. The Morgan fingerprint density at radius 2 is 1.43 bits per heavy atom. The maximum atomic E-state index is 5.57. The lowest BCUT2D eigenvalue weighted by molar-refractivity contribution is 0.467. The summed E-state index contributed by atoms with van der Waals surface area (Å²) in [5.74, 6) is 0. The third-order valence-corrected chi connectivity index (χ3v) is 1.84. The molecule has 0 radical (unpaired) electrons. The van der Waals surface area contributed by atoms with Gasteiger partial charge in [-0.15, -0.1) is 23.2 Å². The highest BCUT2D eigenvalue weighted by atomic mass is 35.5. The molecule has 0 spiro atoms. The summed E-state index contributed by atoms with van der Waals surface area (Å²) in [5.41, 5.74) is 0. The number of halogens is 2. The molecule has 0 amide bonds. The minimum absolute atomic E-state index is 0. The fraction of sp³-hybridized carbons (Fsp3) is 1.00. The summed E-state index contributed by atoms with van der Waals surface area (Å²) >= 11 is 11.1. The normalized spacial score (nSPS) is 24.9. The maximum Gasteiger partial charge on any atom is 0.118 e. The molecule has 0 aromatic rings. The summed E-state index contributed by atoms with van der Waals surface area (Å²) in [7, 11) is 0. The van der Waals surface area contributed by atoms with Gasteiger partial charge < -0.3 is 0 Å². The molecular weight excluding hydrogens is 147 g/mol. The molecule has 0 unspecified atom stereocenters. The molecule has 0 aromatic heterocycles. The fourth-order valence-corrected chi connectivity index (χ4v) is 0.979. The van der Waals surface area contributed by atoms with Crippen molar-refractivity contribution in [2.45, 2.75) is 23.6 Å². The number of hydrogen-bond acceptors (Lipinski definition) is 0. The lowest BCUT2D eigenvalue weighted by atomic mass is 9.99. The van der Waals surface area contributed by atoms with Crippen molar-refractivity contribution in [2.75, 3.05) is 0 Å². The van der Waals surface area contributed by atoms with Gasteiger partial charge in [-0.2, -0.15) is 0 Å². The van der Waals surface area contributed by atoms with Gasteiger partial charge in [-0.25, -0.2) is 0 Å². The first-order chi connectivity index (χ1) is 2.71. The Balaban J connectivity index is 0.000000360. The molecule has 1 fully saturated rings. The first-order valence-electron chi connectivity index (χ1n) is 2.09. The van der Waals surface area contributed by atoms with Crippen LogP contribution in [0.5, 0.6) is 0 Å². The van der Waals surface area contributed by atoms with Crippen LogP contribution in [0.4, 0.5) is 0 Å². The van der Waals surface area contributed by atoms with Crippen molar-refractivity contribution >= 4 is 34.2 Å². The fourth-order valence-electron chi connectivity index (χ4n) is 0.444. The summed E-state index contributed by atoms with van der Waals surface area (Å²) in [6.07, 6.45) is 3.17. The van der Waals surface area contributed by atoms with Gasteiger partial charge in [0.25, 0.3) is 0 Å². The lowest BCUT2D eigenvalue weighted by Gasteiger charge is -2.27. The van der Waals surface area contributed by atoms with Gasteiger partial charge in [-0.1, -0.05) is 0 Å². The lowest BCUT2D eigenvalue weighted by Crippen LogP contribution is -2.21. The van der Waals surface area contributed by atoms with E-state index in [0.29, 0.717) is 0 Å². The monoisotopic (exact) mass is 156 g/mol. The summed E-state index contributed by atoms with van der Waals surface area (Å²) in [6.45, 7) is 0. The topological polar surface area (TPSA) is 0 Å². The van der Waals surface area contributed by atoms with E-state index in [1.807, 2.05) is 0 Å². The highest BCUT2D eigenvalue weighted by Crippen LogP contribution is 2.41. The predicted molar refractivity (Wildman–Crippen MR) is 39.6 cm³/mol. The molecule has 1 aliphatic rings. The van der Waals surface area contributed by atoms with Gasteiger partial charge in [0, 0.05) is 0 Å². The van der Waals surface area contributed by atoms with E-state index >= 15 is 0 Å². The van der Waals surface area contributed by atoms with Crippen LogP contribution in [-0.4, -0.2) is 15.3 Å². The third kappa shape index (κ3) is 2.02. The van der Waals surface area contributed by atoms with Gasteiger partial charge in [0.2, 0.25) is 0 Å². The highest BCUT2D eigenvalue weighted by Gasteiger charge is 2.31. The molecule has 1 rings (SSSR count). The number of rotatable bonds is 0. The van der Waals surface area contributed by atoms with Gasteiger partial charge in [0.05, 0.1) is 0 Å². The minimum Gasteiger partial charge on any atom is -0.102 e. The molecule has 1 aliphatic carbocycles. The van der Waals surface area contributed by atoms with Crippen molar-refractivity contribution in [3.05, 3.63) is 0 Å². The summed E-state index contributed by atoms with van der Waals surface area (Å²) in [5, 5.41) is 0. The van der Waals surface area contributed by atoms with E-state index in [4.69, 9.17) is 23.2 Å². The molecule has 44 valence electrons. The van der Waals surface area contributed by atoms with Crippen LogP contribution in [0.1, 0.15) is 19.3 Å². The largest absolute Gasteiger partial charge is 0.118 e. The van der Waals surface area contributed by atoms with Crippen LogP contribution in [0.25, 0.3) is 0 Å². The predicted octanol–water partition coefficient (Wildman–Crippen LogP) is 0.893. The molecular formula is C4H10Cl2Si. The van der Waals surface area contributed by atoms with Gasteiger partial charge >= 0.3 is 0 Å². The van der Waals surface area contributed by atoms with Crippen molar-refractivity contribution in [1.29, 1.82) is 0 Å². The second-order valence-electron chi connectivity index (χ2n) is 1.71. The second kappa shape index (κ2) is 2.38. The van der Waals surface area contributed by atoms with E-state index in [-0.39, 0.29) is 15.3 Å². The molecule has 0 nitrogen and oxygen atoms in total. The number of alkyl halides is 2. The van der Waals surface area contributed by atoms with E-state index in [2.05, 4.69) is 0 Å². The summed E-state index contributed by atoms with van der Waals surface area (Å²) < 4.78 is -0.333. The van der Waals surface area contributed by atoms with Crippen molar-refractivity contribution in [3.8, 4) is 0 Å². The van der Waals surface area contributed by atoms with Crippen molar-refractivity contribution in [2.24, 2.45) is 0 Å². The smallest absolute Gasteiger partial charge is 0.102 e. The molecule has 0 heterocycles. The van der Waals surface area contributed by atoms with Crippen LogP contribution in [0.2, 0.25) is 0 Å². The average molecular weight is 157 g/mol. The molecule has 0 atom stereocenters. The van der Waals surface area contributed by atoms with E-state index in [9.17, 15) is 0 Å². The van der Waals surface area contributed by atoms with Crippen LogP contribution >= 0.6 is 23.2 Å². The molecule has 0 saturated heterocycles. The quantitative estimate of drug-likeness (QED) is 0.362. The molecule has 0 N–H and O–H groups in total. The second-order valence-corrected chi connectivity index (χ2v) is 3.35. The van der Waals surface area contributed by atoms with Crippen LogP contribution in [0, 0.1) is 0 Å². The zero-order valence-electron chi connectivity index (χ0n) is 3.38. The van der Waals surface area contributed by atoms with Crippen molar-refractivity contribution < 1.29 is 0 Å². The van der Waals surface area contributed by atoms with E-state index in [0.717, 1.165) is 12.8 Å². The van der Waals surface area contributed by atoms with Gasteiger partial charge in [-0.05, 0) is 30.2 Å². The van der Waals surface area contributed by atoms with Crippen LogP contribution in [-0.2, 0) is 0 Å². The molecule has 0 bridgehead atoms. The summed E-state index contributed by atoms with van der Waals surface area (Å²) in [6, 6.07) is 0. The Morgan fingerprint density at radius 3 is 1.43 bits per heavy atom. The SMILES string of the molecule is ClC1(Cl)CCC1.[SiH4]. The third-order valence-electron chi connectivity index (χ3n) is 1.09. The zero-order valence-corrected chi connectivity index (χ0v) is 4.89. The first kappa shape index (κ1) is 7.80. The van der Waals surface area contributed by atoms with Crippen LogP contribution in [0.3, 0.4) is 0 Å². The van der Waals surface area contributed by atoms with Crippen LogP contribution in [0.15, 0.2) is 0 Å². The van der Waals surface area contributed by atoms with E-state index in [1.54, 1.807) is 0 Å². The number of hydrogen-bond donors (Lipinski definition) is 0. The Hall–Kier alpha value is 0.797. The Morgan fingerprint density at radius 1 is 1.14 bits per heavy atom. The average Bonchev–Trinajstić information content (AvgIpc) is 1.32. The Labute approximate surface area is 58.2 Å². The van der Waals surface area contributed by atoms with Crippen molar-refractivity contribution in [1.82, 2.24) is 0 Å². The molecule has 0 aliphatic heterocycles. The Kier molecular flexibility index (Phi) is 2.65. The summed E-state index contributed by atoms with van der Waals surface area (Å²) in [4.78, 5) is 0. The molecule has 1 saturated carbocycles. The van der Waals surface area contributed by atoms with Gasteiger partial charge in [0.1, 0.15) is 4.33 Å². The van der Waals surface area contributed by atoms with Crippen molar-refractivity contribution in [3.63, 3.8) is 0 Å². The van der Waals surface area contributed by atoms with Crippen LogP contribution < -0.4 is 0 Å². The first-order valence-corrected chi connectivity index (χ1v) is 2.84. The molecule has 7 heavy (non-hydrogen) atoms. The van der Waals surface area contributed by atoms with E-state index in [1.165, 1.54) is 6.42 Å². The highest BCUT2D eigenvalue weighted by molar-refractivity contribution is 6.48. The maximum absolute atomic E-state index is 5.57. The molecule has 3 heteroatoms. The minimum atomic E-state index is -0.333. The van der Waals surface area contributed by atoms with Gasteiger partial charge in [-0.3, -0.25) is 0 Å². The standard InChI is InChI=1S/C4H6Cl2.H4Si/c5-4(6)2-1-3-4;/h1-3H2;1H4. The van der Waals surface area contributed by atoms with E-state index < -0.39 is 0 Å².